The molecule has 2 aromatic heterocycles. The summed E-state index contributed by atoms with van der Waals surface area (Å²) in [6.07, 6.45) is 0. The molecule has 0 saturated heterocycles. The largest absolute Gasteiger partial charge is 0.316 e. The number of thiazole rings is 1. The predicted octanol–water partition coefficient (Wildman–Crippen LogP) is 3.14. The number of nitrogens with two attached hydrogens (primary N) is 1. The van der Waals surface area contributed by atoms with Gasteiger partial charge in [0.15, 0.2) is 5.13 Å². The van der Waals surface area contributed by atoms with Crippen LogP contribution in [0.1, 0.15) is 37.4 Å². The molecule has 1 unspecified atom stereocenters. The Kier molecular flexibility index (Phi) is 4.03. The highest BCUT2D eigenvalue weighted by Crippen LogP contribution is 2.27. The SMILES string of the molecule is CC(C)(C)c1csc(NC(=O)C(N)c2cccs2)n1. The molecule has 1 amide bonds. The van der Waals surface area contributed by atoms with E-state index in [9.17, 15) is 4.79 Å². The van der Waals surface area contributed by atoms with E-state index in [0.29, 0.717) is 5.13 Å². The zero-order valence-corrected chi connectivity index (χ0v) is 12.8. The van der Waals surface area contributed by atoms with Gasteiger partial charge in [0.2, 0.25) is 5.91 Å². The number of hydrogen-bond donors (Lipinski definition) is 2. The Labute approximate surface area is 120 Å². The number of hydrogen-bond acceptors (Lipinski definition) is 5. The van der Waals surface area contributed by atoms with Gasteiger partial charge in [0.1, 0.15) is 6.04 Å². The minimum Gasteiger partial charge on any atom is -0.316 e. The molecule has 0 aromatic carbocycles. The van der Waals surface area contributed by atoms with E-state index in [-0.39, 0.29) is 11.3 Å². The van der Waals surface area contributed by atoms with Gasteiger partial charge in [0.05, 0.1) is 5.69 Å². The summed E-state index contributed by atoms with van der Waals surface area (Å²) in [6, 6.07) is 3.10. The summed E-state index contributed by atoms with van der Waals surface area (Å²) in [5, 5.41) is 7.24. The Balaban J connectivity index is 2.05. The Morgan fingerprint density at radius 2 is 2.16 bits per heavy atom. The molecule has 0 aliphatic carbocycles. The van der Waals surface area contributed by atoms with Crippen molar-refractivity contribution >= 4 is 33.7 Å². The van der Waals surface area contributed by atoms with E-state index in [1.54, 1.807) is 0 Å². The minimum absolute atomic E-state index is 0.0185. The molecule has 1 atom stereocenters. The molecule has 0 aliphatic heterocycles. The van der Waals surface area contributed by atoms with E-state index in [2.05, 4.69) is 31.1 Å². The molecule has 4 nitrogen and oxygen atoms in total. The maximum absolute atomic E-state index is 12.0. The molecule has 0 saturated carbocycles. The summed E-state index contributed by atoms with van der Waals surface area (Å²) in [5.41, 5.74) is 6.85. The smallest absolute Gasteiger partial charge is 0.248 e. The Morgan fingerprint density at radius 1 is 1.42 bits per heavy atom. The van der Waals surface area contributed by atoms with Crippen LogP contribution in [-0.2, 0) is 10.2 Å². The Morgan fingerprint density at radius 3 is 2.68 bits per heavy atom. The number of carbonyl (C=O) groups is 1. The van der Waals surface area contributed by atoms with Crippen LogP contribution in [0.25, 0.3) is 0 Å². The van der Waals surface area contributed by atoms with E-state index in [1.165, 1.54) is 22.7 Å². The minimum atomic E-state index is -0.637. The lowest BCUT2D eigenvalue weighted by Crippen LogP contribution is -2.27. The fraction of sp³-hybridized carbons (Fsp3) is 0.385. The number of aromatic nitrogens is 1. The summed E-state index contributed by atoms with van der Waals surface area (Å²) >= 11 is 2.90. The predicted molar refractivity (Wildman–Crippen MR) is 80.7 cm³/mol. The molecule has 0 spiro atoms. The lowest BCUT2D eigenvalue weighted by Gasteiger charge is -2.14. The zero-order chi connectivity index (χ0) is 14.0. The third kappa shape index (κ3) is 3.40. The van der Waals surface area contributed by atoms with Gasteiger partial charge in [0, 0.05) is 15.7 Å². The van der Waals surface area contributed by atoms with Crippen LogP contribution in [0.2, 0.25) is 0 Å². The maximum Gasteiger partial charge on any atom is 0.248 e. The molecular weight excluding hydrogens is 278 g/mol. The van der Waals surface area contributed by atoms with Gasteiger partial charge < -0.3 is 11.1 Å². The van der Waals surface area contributed by atoms with Crippen LogP contribution < -0.4 is 11.1 Å². The standard InChI is InChI=1S/C13H17N3OS2/c1-13(2,3)9-7-19-12(15-9)16-11(17)10(14)8-5-4-6-18-8/h4-7,10H,14H2,1-3H3,(H,15,16,17). The van der Waals surface area contributed by atoms with Crippen molar-refractivity contribution in [3.63, 3.8) is 0 Å². The third-order valence-corrected chi connectivity index (χ3v) is 4.35. The van der Waals surface area contributed by atoms with Crippen molar-refractivity contribution in [3.05, 3.63) is 33.5 Å². The first-order valence-corrected chi connectivity index (χ1v) is 7.69. The van der Waals surface area contributed by atoms with Gasteiger partial charge in [0.25, 0.3) is 0 Å². The molecule has 19 heavy (non-hydrogen) atoms. The molecule has 3 N–H and O–H groups in total. The lowest BCUT2D eigenvalue weighted by atomic mass is 9.93. The summed E-state index contributed by atoms with van der Waals surface area (Å²) < 4.78 is 0. The topological polar surface area (TPSA) is 68.0 Å². The first-order valence-electron chi connectivity index (χ1n) is 5.94. The van der Waals surface area contributed by atoms with E-state index in [1.807, 2.05) is 22.9 Å². The van der Waals surface area contributed by atoms with E-state index < -0.39 is 6.04 Å². The number of amides is 1. The second-order valence-electron chi connectivity index (χ2n) is 5.27. The van der Waals surface area contributed by atoms with Crippen molar-refractivity contribution < 1.29 is 4.79 Å². The van der Waals surface area contributed by atoms with Crippen LogP contribution in [0.5, 0.6) is 0 Å². The van der Waals surface area contributed by atoms with Crippen LogP contribution in [0.15, 0.2) is 22.9 Å². The normalized spacial score (nSPS) is 13.3. The number of anilines is 1. The Hall–Kier alpha value is -1.24. The molecule has 0 fully saturated rings. The molecule has 0 aliphatic rings. The third-order valence-electron chi connectivity index (χ3n) is 2.63. The Bertz CT molecular complexity index is 555. The van der Waals surface area contributed by atoms with Gasteiger partial charge in [-0.15, -0.1) is 22.7 Å². The number of nitrogens with zero attached hydrogens (tertiary/aromatic N) is 1. The lowest BCUT2D eigenvalue weighted by molar-refractivity contribution is -0.117. The quantitative estimate of drug-likeness (QED) is 0.914. The highest BCUT2D eigenvalue weighted by molar-refractivity contribution is 7.14. The van der Waals surface area contributed by atoms with Gasteiger partial charge >= 0.3 is 0 Å². The van der Waals surface area contributed by atoms with Crippen molar-refractivity contribution in [1.29, 1.82) is 0 Å². The zero-order valence-electron chi connectivity index (χ0n) is 11.1. The summed E-state index contributed by atoms with van der Waals surface area (Å²) in [6.45, 7) is 6.26. The van der Waals surface area contributed by atoms with Crippen molar-refractivity contribution in [3.8, 4) is 0 Å². The highest BCUT2D eigenvalue weighted by atomic mass is 32.1. The van der Waals surface area contributed by atoms with Gasteiger partial charge in [-0.1, -0.05) is 26.8 Å². The van der Waals surface area contributed by atoms with Crippen LogP contribution in [0, 0.1) is 0 Å². The van der Waals surface area contributed by atoms with Gasteiger partial charge in [-0.25, -0.2) is 4.98 Å². The van der Waals surface area contributed by atoms with Gasteiger partial charge in [-0.05, 0) is 11.4 Å². The summed E-state index contributed by atoms with van der Waals surface area (Å²) in [5.74, 6) is -0.225. The molecular formula is C13H17N3OS2. The average Bonchev–Trinajstić information content (AvgIpc) is 2.97. The van der Waals surface area contributed by atoms with Crippen LogP contribution in [0.3, 0.4) is 0 Å². The van der Waals surface area contributed by atoms with E-state index >= 15 is 0 Å². The fourth-order valence-electron chi connectivity index (χ4n) is 1.46. The van der Waals surface area contributed by atoms with Crippen molar-refractivity contribution in [2.45, 2.75) is 32.2 Å². The van der Waals surface area contributed by atoms with Crippen LogP contribution in [-0.4, -0.2) is 10.9 Å². The molecule has 2 heterocycles. The number of thiophene rings is 1. The molecule has 6 heteroatoms. The van der Waals surface area contributed by atoms with Crippen molar-refractivity contribution in [1.82, 2.24) is 4.98 Å². The van der Waals surface area contributed by atoms with Crippen molar-refractivity contribution in [2.75, 3.05) is 5.32 Å². The summed E-state index contributed by atoms with van der Waals surface area (Å²) in [7, 11) is 0. The molecule has 0 radical (unpaired) electrons. The highest BCUT2D eigenvalue weighted by Gasteiger charge is 2.21. The molecule has 0 bridgehead atoms. The molecule has 2 aromatic rings. The molecule has 102 valence electrons. The number of carbonyl (C=O) groups excluding carboxylic acids is 1. The monoisotopic (exact) mass is 295 g/mol. The first-order chi connectivity index (χ1) is 8.88. The van der Waals surface area contributed by atoms with Gasteiger partial charge in [-0.2, -0.15) is 0 Å². The first kappa shape index (κ1) is 14.2. The molecule has 2 rings (SSSR count). The summed E-state index contributed by atoms with van der Waals surface area (Å²) in [4.78, 5) is 17.3. The van der Waals surface area contributed by atoms with E-state index in [0.717, 1.165) is 10.6 Å². The van der Waals surface area contributed by atoms with E-state index in [4.69, 9.17) is 5.73 Å². The maximum atomic E-state index is 12.0. The van der Waals surface area contributed by atoms with Gasteiger partial charge in [-0.3, -0.25) is 4.79 Å². The van der Waals surface area contributed by atoms with Crippen LogP contribution >= 0.6 is 22.7 Å². The second kappa shape index (κ2) is 5.40. The fourth-order valence-corrected chi connectivity index (χ4v) is 3.12. The number of rotatable bonds is 3. The number of nitrogens with one attached hydrogen (secondary N) is 1. The van der Waals surface area contributed by atoms with Crippen molar-refractivity contribution in [2.24, 2.45) is 5.73 Å². The average molecular weight is 295 g/mol. The second-order valence-corrected chi connectivity index (χ2v) is 7.11. The van der Waals surface area contributed by atoms with Crippen LogP contribution in [0.4, 0.5) is 5.13 Å².